The molecule has 3 rings (SSSR count). The van der Waals surface area contributed by atoms with Crippen LogP contribution in [0.4, 0.5) is 29.0 Å². The predicted molar refractivity (Wildman–Crippen MR) is 113 cm³/mol. The molecule has 1 aromatic carbocycles. The summed E-state index contributed by atoms with van der Waals surface area (Å²) in [6.45, 7) is 1.88. The molecule has 0 atom stereocenters. The molecule has 2 heterocycles. The molecular formula is C17H20ClN7O3S. The highest BCUT2D eigenvalue weighted by atomic mass is 35.5. The number of rotatable bonds is 7. The standard InChI is InChI=1S/C17H20ClN7O3S/c1-10-7-15(25(2)23-10)21-17-19-9-12(18)16(22-17)20-13-6-5-11(28-3)8-14(13)24-29(4,26)27/h5-9,24H,1-4H3,(H2,19,20,21,22). The molecule has 10 nitrogen and oxygen atoms in total. The molecule has 0 unspecified atom stereocenters. The normalized spacial score (nSPS) is 11.2. The second-order valence-electron chi connectivity index (χ2n) is 6.22. The summed E-state index contributed by atoms with van der Waals surface area (Å²) in [7, 11) is -0.223. The maximum atomic E-state index is 11.7. The number of halogens is 1. The molecular weight excluding hydrogens is 418 g/mol. The molecule has 0 amide bonds. The van der Waals surface area contributed by atoms with Crippen LogP contribution in [0.5, 0.6) is 5.75 Å². The molecule has 0 aliphatic rings. The Bertz CT molecular complexity index is 1150. The monoisotopic (exact) mass is 437 g/mol. The molecule has 154 valence electrons. The third-order valence-corrected chi connectivity index (χ3v) is 4.63. The van der Waals surface area contributed by atoms with Gasteiger partial charge in [-0.15, -0.1) is 0 Å². The molecule has 0 aliphatic carbocycles. The van der Waals surface area contributed by atoms with E-state index in [1.54, 1.807) is 29.9 Å². The van der Waals surface area contributed by atoms with Gasteiger partial charge < -0.3 is 15.4 Å². The largest absolute Gasteiger partial charge is 0.497 e. The van der Waals surface area contributed by atoms with Gasteiger partial charge in [0.25, 0.3) is 0 Å². The van der Waals surface area contributed by atoms with Gasteiger partial charge in [0.2, 0.25) is 16.0 Å². The van der Waals surface area contributed by atoms with Crippen LogP contribution < -0.4 is 20.1 Å². The number of aromatic nitrogens is 4. The number of benzene rings is 1. The average Bonchev–Trinajstić information content (AvgIpc) is 2.95. The van der Waals surface area contributed by atoms with Crippen molar-refractivity contribution in [3.05, 3.63) is 41.2 Å². The van der Waals surface area contributed by atoms with E-state index >= 15 is 0 Å². The minimum atomic E-state index is -3.51. The first kappa shape index (κ1) is 20.7. The minimum absolute atomic E-state index is 0.262. The Balaban J connectivity index is 1.92. The van der Waals surface area contributed by atoms with Crippen LogP contribution >= 0.6 is 11.6 Å². The van der Waals surface area contributed by atoms with Crippen LogP contribution in [0.25, 0.3) is 0 Å². The fraction of sp³-hybridized carbons (Fsp3) is 0.235. The van der Waals surface area contributed by atoms with Crippen molar-refractivity contribution in [3.8, 4) is 5.75 Å². The van der Waals surface area contributed by atoms with Crippen LogP contribution in [0, 0.1) is 6.92 Å². The number of aryl methyl sites for hydroxylation is 2. The van der Waals surface area contributed by atoms with E-state index in [9.17, 15) is 8.42 Å². The smallest absolute Gasteiger partial charge is 0.230 e. The van der Waals surface area contributed by atoms with E-state index < -0.39 is 10.0 Å². The Morgan fingerprint density at radius 3 is 2.55 bits per heavy atom. The van der Waals surface area contributed by atoms with Gasteiger partial charge in [-0.05, 0) is 19.1 Å². The van der Waals surface area contributed by atoms with Crippen LogP contribution in [-0.4, -0.2) is 41.5 Å². The quantitative estimate of drug-likeness (QED) is 0.515. The highest BCUT2D eigenvalue weighted by Crippen LogP contribution is 2.32. The average molecular weight is 438 g/mol. The lowest BCUT2D eigenvalue weighted by Gasteiger charge is -2.15. The summed E-state index contributed by atoms with van der Waals surface area (Å²) in [5.41, 5.74) is 1.58. The summed E-state index contributed by atoms with van der Waals surface area (Å²) < 4.78 is 32.7. The Morgan fingerprint density at radius 2 is 1.93 bits per heavy atom. The minimum Gasteiger partial charge on any atom is -0.497 e. The van der Waals surface area contributed by atoms with E-state index in [0.717, 1.165) is 11.9 Å². The molecule has 0 aliphatic heterocycles. The molecule has 0 saturated heterocycles. The summed E-state index contributed by atoms with van der Waals surface area (Å²) in [4.78, 5) is 8.55. The van der Waals surface area contributed by atoms with Crippen LogP contribution in [0.2, 0.25) is 5.02 Å². The molecule has 0 saturated carbocycles. The summed E-state index contributed by atoms with van der Waals surface area (Å²) in [6, 6.07) is 6.74. The van der Waals surface area contributed by atoms with Crippen molar-refractivity contribution in [2.24, 2.45) is 7.05 Å². The van der Waals surface area contributed by atoms with E-state index in [4.69, 9.17) is 16.3 Å². The molecule has 3 aromatic rings. The second-order valence-corrected chi connectivity index (χ2v) is 8.38. The van der Waals surface area contributed by atoms with E-state index in [0.29, 0.717) is 34.7 Å². The lowest BCUT2D eigenvalue weighted by atomic mass is 10.2. The predicted octanol–water partition coefficient (Wildman–Crippen LogP) is 3.04. The Morgan fingerprint density at radius 1 is 1.17 bits per heavy atom. The molecule has 29 heavy (non-hydrogen) atoms. The summed E-state index contributed by atoms with van der Waals surface area (Å²) in [5, 5.41) is 10.6. The first-order chi connectivity index (χ1) is 13.6. The van der Waals surface area contributed by atoms with Gasteiger partial charge in [-0.25, -0.2) is 13.4 Å². The van der Waals surface area contributed by atoms with E-state index in [1.165, 1.54) is 13.3 Å². The Kier molecular flexibility index (Phi) is 5.80. The number of methoxy groups -OCH3 is 1. The van der Waals surface area contributed by atoms with Crippen LogP contribution in [0.1, 0.15) is 5.69 Å². The molecule has 0 bridgehead atoms. The van der Waals surface area contributed by atoms with Crippen molar-refractivity contribution in [2.75, 3.05) is 28.7 Å². The summed E-state index contributed by atoms with van der Waals surface area (Å²) in [5.74, 6) is 1.79. The summed E-state index contributed by atoms with van der Waals surface area (Å²) >= 11 is 6.23. The summed E-state index contributed by atoms with van der Waals surface area (Å²) in [6.07, 6.45) is 2.50. The fourth-order valence-corrected chi connectivity index (χ4v) is 3.23. The number of anilines is 5. The molecule has 2 aromatic heterocycles. The maximum Gasteiger partial charge on any atom is 0.230 e. The van der Waals surface area contributed by atoms with Gasteiger partial charge in [0.05, 0.1) is 36.6 Å². The van der Waals surface area contributed by atoms with Crippen molar-refractivity contribution >= 4 is 50.6 Å². The second kappa shape index (κ2) is 8.13. The van der Waals surface area contributed by atoms with Gasteiger partial charge in [-0.2, -0.15) is 10.1 Å². The number of ether oxygens (including phenoxy) is 1. The van der Waals surface area contributed by atoms with Gasteiger partial charge >= 0.3 is 0 Å². The first-order valence-electron chi connectivity index (χ1n) is 8.37. The van der Waals surface area contributed by atoms with Crippen LogP contribution in [-0.2, 0) is 17.1 Å². The van der Waals surface area contributed by atoms with Crippen molar-refractivity contribution < 1.29 is 13.2 Å². The van der Waals surface area contributed by atoms with Gasteiger partial charge in [-0.1, -0.05) is 11.6 Å². The number of sulfonamides is 1. The number of hydrogen-bond acceptors (Lipinski definition) is 8. The van der Waals surface area contributed by atoms with Crippen molar-refractivity contribution in [1.29, 1.82) is 0 Å². The maximum absolute atomic E-state index is 11.7. The van der Waals surface area contributed by atoms with Crippen LogP contribution in [0.3, 0.4) is 0 Å². The lowest BCUT2D eigenvalue weighted by Crippen LogP contribution is -2.12. The third kappa shape index (κ3) is 5.27. The van der Waals surface area contributed by atoms with E-state index in [2.05, 4.69) is 30.4 Å². The zero-order chi connectivity index (χ0) is 21.2. The number of hydrogen-bond donors (Lipinski definition) is 3. The zero-order valence-corrected chi connectivity index (χ0v) is 17.8. The van der Waals surface area contributed by atoms with Gasteiger partial charge in [-0.3, -0.25) is 9.40 Å². The van der Waals surface area contributed by atoms with Crippen molar-refractivity contribution in [1.82, 2.24) is 19.7 Å². The molecule has 0 radical (unpaired) electrons. The van der Waals surface area contributed by atoms with Crippen LogP contribution in [0.15, 0.2) is 30.5 Å². The van der Waals surface area contributed by atoms with Gasteiger partial charge in [0.15, 0.2) is 5.82 Å². The van der Waals surface area contributed by atoms with Crippen molar-refractivity contribution in [3.63, 3.8) is 0 Å². The van der Waals surface area contributed by atoms with Gasteiger partial charge in [0.1, 0.15) is 16.6 Å². The fourth-order valence-electron chi connectivity index (χ4n) is 2.53. The Hall–Kier alpha value is -3.05. The number of nitrogens with zero attached hydrogens (tertiary/aromatic N) is 4. The highest BCUT2D eigenvalue weighted by molar-refractivity contribution is 7.92. The first-order valence-corrected chi connectivity index (χ1v) is 10.6. The van der Waals surface area contributed by atoms with Gasteiger partial charge in [0, 0.05) is 19.2 Å². The zero-order valence-electron chi connectivity index (χ0n) is 16.2. The molecule has 3 N–H and O–H groups in total. The van der Waals surface area contributed by atoms with Crippen molar-refractivity contribution in [2.45, 2.75) is 6.92 Å². The molecule has 0 spiro atoms. The SMILES string of the molecule is COc1ccc(Nc2nc(Nc3cc(C)nn3C)ncc2Cl)c(NS(C)(=O)=O)c1. The van der Waals surface area contributed by atoms with E-state index in [-0.39, 0.29) is 5.02 Å². The topological polar surface area (TPSA) is 123 Å². The van der Waals surface area contributed by atoms with E-state index in [1.807, 2.05) is 13.0 Å². The molecule has 0 fully saturated rings. The lowest BCUT2D eigenvalue weighted by molar-refractivity contribution is 0.415. The highest BCUT2D eigenvalue weighted by Gasteiger charge is 2.13. The Labute approximate surface area is 173 Å². The third-order valence-electron chi connectivity index (χ3n) is 3.76. The number of nitrogens with one attached hydrogen (secondary N) is 3. The molecule has 12 heteroatoms.